The number of halogens is 2. The molecule has 0 atom stereocenters. The number of nitrogens with two attached hydrogens (primary N) is 1. The normalized spacial score (nSPS) is 14.0. The van der Waals surface area contributed by atoms with Gasteiger partial charge in [0.05, 0.1) is 13.1 Å². The lowest BCUT2D eigenvalue weighted by atomic mass is 10.2. The highest BCUT2D eigenvalue weighted by Crippen LogP contribution is 2.18. The molecule has 0 aliphatic carbocycles. The molecular weight excluding hydrogens is 504 g/mol. The van der Waals surface area contributed by atoms with Crippen LogP contribution in [0.2, 0.25) is 0 Å². The van der Waals surface area contributed by atoms with E-state index >= 15 is 0 Å². The summed E-state index contributed by atoms with van der Waals surface area (Å²) in [6.45, 7) is 2.72. The van der Waals surface area contributed by atoms with Gasteiger partial charge in [-0.1, -0.05) is 12.8 Å². The monoisotopic (exact) mass is 533 g/mol. The molecule has 1 fully saturated rings. The second-order valence-corrected chi connectivity index (χ2v) is 9.14. The third kappa shape index (κ3) is 7.74. The van der Waals surface area contributed by atoms with Gasteiger partial charge >= 0.3 is 0 Å². The van der Waals surface area contributed by atoms with Gasteiger partial charge in [-0.3, -0.25) is 4.90 Å². The minimum atomic E-state index is -0.346. The van der Waals surface area contributed by atoms with E-state index in [-0.39, 0.29) is 30.1 Å². The van der Waals surface area contributed by atoms with Crippen molar-refractivity contribution in [2.75, 3.05) is 34.8 Å². The maximum Gasteiger partial charge on any atom is 0.232 e. The molecule has 2 aromatic carbocycles. The first-order valence-electron chi connectivity index (χ1n) is 12.8. The van der Waals surface area contributed by atoms with Crippen LogP contribution >= 0.6 is 0 Å². The van der Waals surface area contributed by atoms with Gasteiger partial charge in [0.15, 0.2) is 5.82 Å². The van der Waals surface area contributed by atoms with Gasteiger partial charge < -0.3 is 21.7 Å². The molecule has 13 heteroatoms. The number of hydrogen-bond acceptors (Lipinski definition) is 11. The van der Waals surface area contributed by atoms with Gasteiger partial charge in [0.2, 0.25) is 23.8 Å². The lowest BCUT2D eigenvalue weighted by Crippen LogP contribution is -2.25. The SMILES string of the molecule is Nc1nc(CNc2nc(CN3CCCCCC3)nc(Nc3ccc(F)cc3)n2)nc(Nc2ccc(F)cc2)n1. The van der Waals surface area contributed by atoms with Crippen LogP contribution in [0.1, 0.15) is 37.3 Å². The van der Waals surface area contributed by atoms with Crippen molar-refractivity contribution < 1.29 is 8.78 Å². The Balaban J connectivity index is 1.33. The summed E-state index contributed by atoms with van der Waals surface area (Å²) in [5, 5.41) is 9.26. The number of anilines is 6. The molecule has 39 heavy (non-hydrogen) atoms. The molecule has 0 radical (unpaired) electrons. The minimum absolute atomic E-state index is 0.0302. The van der Waals surface area contributed by atoms with E-state index in [4.69, 9.17) is 5.73 Å². The molecule has 2 aromatic heterocycles. The van der Waals surface area contributed by atoms with Gasteiger partial charge in [0.1, 0.15) is 17.5 Å². The fraction of sp³-hybridized carbons (Fsp3) is 0.308. The summed E-state index contributed by atoms with van der Waals surface area (Å²) in [6.07, 6.45) is 4.74. The lowest BCUT2D eigenvalue weighted by Gasteiger charge is -2.19. The van der Waals surface area contributed by atoms with Crippen molar-refractivity contribution in [3.63, 3.8) is 0 Å². The Morgan fingerprint density at radius 1 is 0.641 bits per heavy atom. The maximum absolute atomic E-state index is 13.4. The van der Waals surface area contributed by atoms with Gasteiger partial charge in [-0.2, -0.15) is 29.9 Å². The van der Waals surface area contributed by atoms with Gasteiger partial charge in [-0.15, -0.1) is 0 Å². The first-order chi connectivity index (χ1) is 19.0. The van der Waals surface area contributed by atoms with Crippen LogP contribution in [-0.2, 0) is 13.1 Å². The summed E-state index contributed by atoms with van der Waals surface area (Å²) in [7, 11) is 0. The van der Waals surface area contributed by atoms with Crippen LogP contribution in [-0.4, -0.2) is 47.9 Å². The van der Waals surface area contributed by atoms with Crippen molar-refractivity contribution in [3.05, 3.63) is 71.8 Å². The zero-order valence-corrected chi connectivity index (χ0v) is 21.2. The highest BCUT2D eigenvalue weighted by Gasteiger charge is 2.14. The number of benzene rings is 2. The Kier molecular flexibility index (Phi) is 8.26. The predicted molar refractivity (Wildman–Crippen MR) is 145 cm³/mol. The zero-order valence-electron chi connectivity index (χ0n) is 21.2. The van der Waals surface area contributed by atoms with E-state index < -0.39 is 0 Å². The Hall–Kier alpha value is -4.52. The first-order valence-corrected chi connectivity index (χ1v) is 12.8. The van der Waals surface area contributed by atoms with E-state index in [1.807, 2.05) is 0 Å². The summed E-state index contributed by atoms with van der Waals surface area (Å²) in [6, 6.07) is 11.8. The molecule has 0 spiro atoms. The van der Waals surface area contributed by atoms with E-state index in [0.717, 1.165) is 25.9 Å². The average Bonchev–Trinajstić information content (AvgIpc) is 3.18. The number of nitrogen functional groups attached to an aromatic ring is 1. The van der Waals surface area contributed by atoms with Crippen LogP contribution in [0.3, 0.4) is 0 Å². The molecular formula is C26H29F2N11. The molecule has 5 N–H and O–H groups in total. The van der Waals surface area contributed by atoms with E-state index in [1.165, 1.54) is 37.1 Å². The second-order valence-electron chi connectivity index (χ2n) is 9.14. The van der Waals surface area contributed by atoms with E-state index in [1.54, 1.807) is 24.3 Å². The van der Waals surface area contributed by atoms with Gasteiger partial charge in [0, 0.05) is 11.4 Å². The Labute approximate surface area is 224 Å². The van der Waals surface area contributed by atoms with E-state index in [9.17, 15) is 8.78 Å². The summed E-state index contributed by atoms with van der Waals surface area (Å²) in [4.78, 5) is 28.7. The van der Waals surface area contributed by atoms with Crippen LogP contribution in [0.25, 0.3) is 0 Å². The van der Waals surface area contributed by atoms with Crippen molar-refractivity contribution in [2.45, 2.75) is 38.8 Å². The quantitative estimate of drug-likeness (QED) is 0.243. The lowest BCUT2D eigenvalue weighted by molar-refractivity contribution is 0.270. The standard InChI is InChI=1S/C26H29F2N11/c27-17-5-9-19(10-6-17)31-25-34-21(33-23(29)37-25)15-30-24-35-22(16-39-13-3-1-2-4-14-39)36-26(38-24)32-20-11-7-18(28)8-12-20/h5-12H,1-4,13-16H2,(H3,29,31,33,34,37)(H2,30,32,35,36,38). The molecule has 11 nitrogen and oxygen atoms in total. The number of aromatic nitrogens is 6. The van der Waals surface area contributed by atoms with E-state index in [0.29, 0.717) is 41.5 Å². The fourth-order valence-electron chi connectivity index (χ4n) is 4.18. The van der Waals surface area contributed by atoms with Crippen molar-refractivity contribution >= 4 is 35.2 Å². The molecule has 4 aromatic rings. The number of likely N-dealkylation sites (tertiary alicyclic amines) is 1. The zero-order chi connectivity index (χ0) is 27.0. The summed E-state index contributed by atoms with van der Waals surface area (Å²) < 4.78 is 26.6. The predicted octanol–water partition coefficient (Wildman–Crippen LogP) is 4.39. The Morgan fingerprint density at radius 2 is 1.18 bits per heavy atom. The smallest absolute Gasteiger partial charge is 0.232 e. The number of rotatable bonds is 9. The molecule has 1 saturated heterocycles. The molecule has 1 aliphatic heterocycles. The van der Waals surface area contributed by atoms with Gasteiger partial charge in [-0.05, 0) is 74.5 Å². The molecule has 0 bridgehead atoms. The summed E-state index contributed by atoms with van der Waals surface area (Å²) in [5.41, 5.74) is 7.15. The molecule has 1 aliphatic rings. The maximum atomic E-state index is 13.4. The van der Waals surface area contributed by atoms with Crippen LogP contribution in [0, 0.1) is 11.6 Å². The number of nitrogens with one attached hydrogen (secondary N) is 3. The third-order valence-corrected chi connectivity index (χ3v) is 6.05. The highest BCUT2D eigenvalue weighted by molar-refractivity contribution is 5.55. The second kappa shape index (κ2) is 12.3. The summed E-state index contributed by atoms with van der Waals surface area (Å²) >= 11 is 0. The highest BCUT2D eigenvalue weighted by atomic mass is 19.1. The largest absolute Gasteiger partial charge is 0.368 e. The van der Waals surface area contributed by atoms with Crippen molar-refractivity contribution in [3.8, 4) is 0 Å². The fourth-order valence-corrected chi connectivity index (χ4v) is 4.18. The number of nitrogens with zero attached hydrogens (tertiary/aromatic N) is 7. The number of hydrogen-bond donors (Lipinski definition) is 4. The van der Waals surface area contributed by atoms with Crippen LogP contribution in [0.15, 0.2) is 48.5 Å². The molecule has 0 unspecified atom stereocenters. The van der Waals surface area contributed by atoms with Gasteiger partial charge in [-0.25, -0.2) is 8.78 Å². The van der Waals surface area contributed by atoms with Crippen LogP contribution in [0.5, 0.6) is 0 Å². The molecule has 0 amide bonds. The topological polar surface area (TPSA) is 143 Å². The Bertz CT molecular complexity index is 1380. The Morgan fingerprint density at radius 3 is 1.79 bits per heavy atom. The average molecular weight is 534 g/mol. The molecule has 202 valence electrons. The molecule has 3 heterocycles. The van der Waals surface area contributed by atoms with E-state index in [2.05, 4.69) is 50.8 Å². The van der Waals surface area contributed by atoms with Crippen molar-refractivity contribution in [2.24, 2.45) is 0 Å². The molecule has 0 saturated carbocycles. The summed E-state index contributed by atoms with van der Waals surface area (Å²) in [5.74, 6) is 1.20. The molecule has 5 rings (SSSR count). The van der Waals surface area contributed by atoms with Gasteiger partial charge in [0.25, 0.3) is 0 Å². The minimum Gasteiger partial charge on any atom is -0.368 e. The van der Waals surface area contributed by atoms with Crippen LogP contribution < -0.4 is 21.7 Å². The van der Waals surface area contributed by atoms with Crippen molar-refractivity contribution in [1.29, 1.82) is 0 Å². The van der Waals surface area contributed by atoms with Crippen molar-refractivity contribution in [1.82, 2.24) is 34.8 Å². The third-order valence-electron chi connectivity index (χ3n) is 6.05. The van der Waals surface area contributed by atoms with Crippen LogP contribution in [0.4, 0.5) is 43.9 Å². The first kappa shape index (κ1) is 26.1.